The summed E-state index contributed by atoms with van der Waals surface area (Å²) >= 11 is 0. The van der Waals surface area contributed by atoms with Crippen molar-refractivity contribution < 1.29 is 18.6 Å². The SMILES string of the molecule is Cc1cc(C)c(S(=O)(=O)c2ccc(O)c(C)c2)c(O)c1. The van der Waals surface area contributed by atoms with Gasteiger partial charge in [0.2, 0.25) is 9.84 Å². The zero-order valence-electron chi connectivity index (χ0n) is 11.5. The van der Waals surface area contributed by atoms with Crippen LogP contribution in [0.5, 0.6) is 11.5 Å². The first-order chi connectivity index (χ1) is 9.23. The van der Waals surface area contributed by atoms with Crippen LogP contribution >= 0.6 is 0 Å². The highest BCUT2D eigenvalue weighted by Gasteiger charge is 2.24. The number of rotatable bonds is 2. The topological polar surface area (TPSA) is 74.6 Å². The molecule has 0 heterocycles. The Morgan fingerprint density at radius 1 is 0.850 bits per heavy atom. The molecule has 0 bridgehead atoms. The van der Waals surface area contributed by atoms with Gasteiger partial charge in [-0.2, -0.15) is 0 Å². The second-order valence-corrected chi connectivity index (χ2v) is 6.77. The Bertz CT molecular complexity index is 753. The minimum absolute atomic E-state index is 0.0359. The molecule has 106 valence electrons. The van der Waals surface area contributed by atoms with Crippen molar-refractivity contribution in [3.8, 4) is 11.5 Å². The summed E-state index contributed by atoms with van der Waals surface area (Å²) in [5.41, 5.74) is 1.75. The van der Waals surface area contributed by atoms with E-state index in [-0.39, 0.29) is 21.3 Å². The zero-order valence-corrected chi connectivity index (χ0v) is 12.3. The zero-order chi connectivity index (χ0) is 15.1. The van der Waals surface area contributed by atoms with Gasteiger partial charge in [-0.25, -0.2) is 8.42 Å². The molecule has 0 fully saturated rings. The van der Waals surface area contributed by atoms with Gasteiger partial charge in [0.15, 0.2) is 0 Å². The van der Waals surface area contributed by atoms with Gasteiger partial charge in [-0.3, -0.25) is 0 Å². The summed E-state index contributed by atoms with van der Waals surface area (Å²) in [5, 5.41) is 19.4. The maximum Gasteiger partial charge on any atom is 0.210 e. The van der Waals surface area contributed by atoms with Crippen LogP contribution in [0.3, 0.4) is 0 Å². The maximum absolute atomic E-state index is 12.6. The highest BCUT2D eigenvalue weighted by molar-refractivity contribution is 7.91. The minimum Gasteiger partial charge on any atom is -0.508 e. The molecule has 0 atom stereocenters. The van der Waals surface area contributed by atoms with E-state index in [0.29, 0.717) is 11.1 Å². The molecule has 4 nitrogen and oxygen atoms in total. The Balaban J connectivity index is 2.70. The lowest BCUT2D eigenvalue weighted by Crippen LogP contribution is -2.05. The second-order valence-electron chi connectivity index (χ2n) is 4.88. The predicted molar refractivity (Wildman–Crippen MR) is 75.9 cm³/mol. The van der Waals surface area contributed by atoms with Gasteiger partial charge < -0.3 is 10.2 Å². The summed E-state index contributed by atoms with van der Waals surface area (Å²) in [6, 6.07) is 7.19. The molecule has 0 aromatic heterocycles. The Kier molecular flexibility index (Phi) is 3.48. The van der Waals surface area contributed by atoms with Crippen molar-refractivity contribution in [2.24, 2.45) is 0 Å². The van der Waals surface area contributed by atoms with Gasteiger partial charge >= 0.3 is 0 Å². The molecule has 2 aromatic rings. The van der Waals surface area contributed by atoms with Gasteiger partial charge in [0.25, 0.3) is 0 Å². The smallest absolute Gasteiger partial charge is 0.210 e. The molecule has 2 rings (SSSR count). The number of phenolic OH excluding ortho intramolecular Hbond substituents is 2. The van der Waals surface area contributed by atoms with E-state index in [1.165, 1.54) is 24.3 Å². The number of aromatic hydroxyl groups is 2. The summed E-state index contributed by atoms with van der Waals surface area (Å²) in [5.74, 6) is -0.220. The largest absolute Gasteiger partial charge is 0.508 e. The summed E-state index contributed by atoms with van der Waals surface area (Å²) in [7, 11) is -3.82. The quantitative estimate of drug-likeness (QED) is 0.892. The van der Waals surface area contributed by atoms with E-state index < -0.39 is 9.84 Å². The fraction of sp³-hybridized carbons (Fsp3) is 0.200. The van der Waals surface area contributed by atoms with Crippen molar-refractivity contribution >= 4 is 9.84 Å². The first kappa shape index (κ1) is 14.4. The van der Waals surface area contributed by atoms with Gasteiger partial charge in [-0.15, -0.1) is 0 Å². The third kappa shape index (κ3) is 2.36. The molecule has 0 spiro atoms. The number of phenols is 2. The third-order valence-corrected chi connectivity index (χ3v) is 5.09. The molecule has 0 aliphatic heterocycles. The Hall–Kier alpha value is -2.01. The fourth-order valence-corrected chi connectivity index (χ4v) is 3.83. The van der Waals surface area contributed by atoms with Crippen LogP contribution in [0.1, 0.15) is 16.7 Å². The summed E-state index contributed by atoms with van der Waals surface area (Å²) in [6.45, 7) is 5.05. The van der Waals surface area contributed by atoms with E-state index in [0.717, 1.165) is 5.56 Å². The molecule has 0 aliphatic rings. The van der Waals surface area contributed by atoms with Crippen molar-refractivity contribution in [2.75, 3.05) is 0 Å². The number of aryl methyl sites for hydroxylation is 3. The highest BCUT2D eigenvalue weighted by Crippen LogP contribution is 2.33. The molecule has 0 radical (unpaired) electrons. The molecule has 2 aromatic carbocycles. The van der Waals surface area contributed by atoms with Crippen LogP contribution in [-0.2, 0) is 9.84 Å². The summed E-state index contributed by atoms with van der Waals surface area (Å²) < 4.78 is 25.2. The van der Waals surface area contributed by atoms with Gasteiger partial charge in [-0.05, 0) is 61.7 Å². The maximum atomic E-state index is 12.6. The molecule has 2 N–H and O–H groups in total. The van der Waals surface area contributed by atoms with Crippen molar-refractivity contribution in [3.05, 3.63) is 47.0 Å². The second kappa shape index (κ2) is 4.83. The number of hydrogen-bond donors (Lipinski definition) is 2. The van der Waals surface area contributed by atoms with E-state index >= 15 is 0 Å². The molecule has 5 heteroatoms. The van der Waals surface area contributed by atoms with Gasteiger partial charge in [0.1, 0.15) is 16.4 Å². The van der Waals surface area contributed by atoms with Crippen LogP contribution in [0.2, 0.25) is 0 Å². The lowest BCUT2D eigenvalue weighted by Gasteiger charge is -2.12. The van der Waals surface area contributed by atoms with Crippen LogP contribution < -0.4 is 0 Å². The lowest BCUT2D eigenvalue weighted by molar-refractivity contribution is 0.457. The summed E-state index contributed by atoms with van der Waals surface area (Å²) in [4.78, 5) is -0.0387. The molecule has 0 saturated carbocycles. The van der Waals surface area contributed by atoms with Gasteiger partial charge in [0.05, 0.1) is 4.90 Å². The van der Waals surface area contributed by atoms with Crippen LogP contribution in [0.15, 0.2) is 40.1 Å². The number of hydrogen-bond acceptors (Lipinski definition) is 4. The summed E-state index contributed by atoms with van der Waals surface area (Å²) in [6.07, 6.45) is 0. The number of benzene rings is 2. The highest BCUT2D eigenvalue weighted by atomic mass is 32.2. The molecular formula is C15H16O4S. The van der Waals surface area contributed by atoms with Crippen molar-refractivity contribution in [1.82, 2.24) is 0 Å². The molecule has 0 unspecified atom stereocenters. The fourth-order valence-electron chi connectivity index (χ4n) is 2.19. The number of sulfone groups is 1. The van der Waals surface area contributed by atoms with Gasteiger partial charge in [0, 0.05) is 0 Å². The van der Waals surface area contributed by atoms with E-state index in [9.17, 15) is 18.6 Å². The van der Waals surface area contributed by atoms with Crippen molar-refractivity contribution in [2.45, 2.75) is 30.6 Å². The van der Waals surface area contributed by atoms with Crippen molar-refractivity contribution in [1.29, 1.82) is 0 Å². The van der Waals surface area contributed by atoms with E-state index in [4.69, 9.17) is 0 Å². The Morgan fingerprint density at radius 2 is 1.50 bits per heavy atom. The van der Waals surface area contributed by atoms with Crippen molar-refractivity contribution in [3.63, 3.8) is 0 Å². The Morgan fingerprint density at radius 3 is 2.05 bits per heavy atom. The molecule has 0 aliphatic carbocycles. The first-order valence-electron chi connectivity index (χ1n) is 6.08. The minimum atomic E-state index is -3.82. The first-order valence-corrected chi connectivity index (χ1v) is 7.56. The van der Waals surface area contributed by atoms with Crippen LogP contribution in [-0.4, -0.2) is 18.6 Å². The standard InChI is InChI=1S/C15H16O4S/c1-9-6-11(3)15(14(17)7-9)20(18,19)12-4-5-13(16)10(2)8-12/h4-8,16-17H,1-3H3. The third-order valence-electron chi connectivity index (χ3n) is 3.15. The van der Waals surface area contributed by atoms with E-state index in [2.05, 4.69) is 0 Å². The molecule has 20 heavy (non-hydrogen) atoms. The lowest BCUT2D eigenvalue weighted by atomic mass is 10.1. The van der Waals surface area contributed by atoms with Crippen LogP contribution in [0.25, 0.3) is 0 Å². The van der Waals surface area contributed by atoms with E-state index in [1.807, 2.05) is 0 Å². The monoisotopic (exact) mass is 292 g/mol. The Labute approximate surface area is 118 Å². The van der Waals surface area contributed by atoms with E-state index in [1.54, 1.807) is 26.8 Å². The average Bonchev–Trinajstić information content (AvgIpc) is 2.30. The van der Waals surface area contributed by atoms with Crippen LogP contribution in [0.4, 0.5) is 0 Å². The molecular weight excluding hydrogens is 276 g/mol. The normalized spacial score (nSPS) is 11.6. The molecule has 0 amide bonds. The van der Waals surface area contributed by atoms with Gasteiger partial charge in [-0.1, -0.05) is 6.07 Å². The predicted octanol–water partition coefficient (Wildman–Crippen LogP) is 2.86. The average molecular weight is 292 g/mol. The molecule has 0 saturated heterocycles. The van der Waals surface area contributed by atoms with Crippen LogP contribution in [0, 0.1) is 20.8 Å².